The van der Waals surface area contributed by atoms with Crippen LogP contribution in [0, 0.1) is 5.92 Å². The van der Waals surface area contributed by atoms with E-state index in [1.165, 1.54) is 5.56 Å². The van der Waals surface area contributed by atoms with Crippen LogP contribution >= 0.6 is 0 Å². The fraction of sp³-hybridized carbons (Fsp3) is 0.600. The van der Waals surface area contributed by atoms with Crippen LogP contribution in [0.1, 0.15) is 37.3 Å². The van der Waals surface area contributed by atoms with E-state index >= 15 is 0 Å². The van der Waals surface area contributed by atoms with Gasteiger partial charge in [0.1, 0.15) is 5.75 Å². The Morgan fingerprint density at radius 3 is 2.89 bits per heavy atom. The molecular formula is C15H23NO2. The summed E-state index contributed by atoms with van der Waals surface area (Å²) in [5.74, 6) is 0.942. The van der Waals surface area contributed by atoms with Crippen LogP contribution < -0.4 is 10.5 Å². The highest BCUT2D eigenvalue weighted by Gasteiger charge is 2.42. The summed E-state index contributed by atoms with van der Waals surface area (Å²) in [6, 6.07) is 5.99. The lowest BCUT2D eigenvalue weighted by molar-refractivity contribution is -0.0228. The third-order valence-corrected chi connectivity index (χ3v) is 4.16. The second kappa shape index (κ2) is 5.29. The monoisotopic (exact) mass is 249 g/mol. The highest BCUT2D eigenvalue weighted by molar-refractivity contribution is 5.43. The van der Waals surface area contributed by atoms with Gasteiger partial charge in [-0.25, -0.2) is 0 Å². The highest BCUT2D eigenvalue weighted by Crippen LogP contribution is 2.44. The van der Waals surface area contributed by atoms with Gasteiger partial charge in [0.25, 0.3) is 0 Å². The zero-order valence-electron chi connectivity index (χ0n) is 11.3. The summed E-state index contributed by atoms with van der Waals surface area (Å²) < 4.78 is 5.26. The number of fused-ring (bicyclic) bond motifs is 1. The molecule has 3 nitrogen and oxygen atoms in total. The van der Waals surface area contributed by atoms with Crippen molar-refractivity contribution in [2.24, 2.45) is 11.7 Å². The molecule has 18 heavy (non-hydrogen) atoms. The molecule has 1 aromatic rings. The fourth-order valence-electron chi connectivity index (χ4n) is 3.09. The van der Waals surface area contributed by atoms with Crippen LogP contribution in [0.2, 0.25) is 0 Å². The van der Waals surface area contributed by atoms with Crippen molar-refractivity contribution in [3.8, 4) is 5.75 Å². The molecule has 0 aliphatic heterocycles. The maximum absolute atomic E-state index is 11.0. The third kappa shape index (κ3) is 2.13. The van der Waals surface area contributed by atoms with Crippen LogP contribution in [0.15, 0.2) is 18.2 Å². The van der Waals surface area contributed by atoms with Crippen LogP contribution in [0.4, 0.5) is 0 Å². The first-order valence-corrected chi connectivity index (χ1v) is 6.75. The predicted octanol–water partition coefficient (Wildman–Crippen LogP) is 2.20. The van der Waals surface area contributed by atoms with E-state index in [2.05, 4.69) is 13.0 Å². The second-order valence-electron chi connectivity index (χ2n) is 5.17. The van der Waals surface area contributed by atoms with E-state index in [1.807, 2.05) is 12.1 Å². The standard InChI is InChI=1S/C15H23NO2/c1-3-4-12(10-16)15(17)8-7-11-5-6-13(18-2)9-14(11)15/h5-6,9,12,17H,3-4,7-8,10,16H2,1-2H3. The Balaban J connectivity index is 2.38. The van der Waals surface area contributed by atoms with Crippen LogP contribution in [-0.2, 0) is 12.0 Å². The molecular weight excluding hydrogens is 226 g/mol. The Labute approximate surface area is 109 Å². The van der Waals surface area contributed by atoms with E-state index in [0.717, 1.165) is 37.0 Å². The van der Waals surface area contributed by atoms with Crippen LogP contribution in [0.5, 0.6) is 5.75 Å². The summed E-state index contributed by atoms with van der Waals surface area (Å²) in [6.07, 6.45) is 3.71. The Hall–Kier alpha value is -1.06. The molecule has 0 radical (unpaired) electrons. The lowest BCUT2D eigenvalue weighted by Crippen LogP contribution is -2.37. The van der Waals surface area contributed by atoms with Gasteiger partial charge >= 0.3 is 0 Å². The lowest BCUT2D eigenvalue weighted by Gasteiger charge is -2.33. The second-order valence-corrected chi connectivity index (χ2v) is 5.17. The fourth-order valence-corrected chi connectivity index (χ4v) is 3.09. The normalized spacial score (nSPS) is 23.8. The van der Waals surface area contributed by atoms with E-state index in [-0.39, 0.29) is 5.92 Å². The molecule has 2 atom stereocenters. The highest BCUT2D eigenvalue weighted by atomic mass is 16.5. The minimum absolute atomic E-state index is 0.135. The molecule has 1 aliphatic rings. The molecule has 2 unspecified atom stereocenters. The van der Waals surface area contributed by atoms with Crippen molar-refractivity contribution >= 4 is 0 Å². The predicted molar refractivity (Wildman–Crippen MR) is 72.7 cm³/mol. The molecule has 0 aromatic heterocycles. The largest absolute Gasteiger partial charge is 0.497 e. The molecule has 0 spiro atoms. The topological polar surface area (TPSA) is 55.5 Å². The molecule has 0 saturated carbocycles. The molecule has 0 amide bonds. The molecule has 0 bridgehead atoms. The van der Waals surface area contributed by atoms with Crippen molar-refractivity contribution in [2.45, 2.75) is 38.2 Å². The van der Waals surface area contributed by atoms with Gasteiger partial charge in [-0.2, -0.15) is 0 Å². The number of aryl methyl sites for hydroxylation is 1. The maximum Gasteiger partial charge on any atom is 0.119 e. The first-order chi connectivity index (χ1) is 8.65. The van der Waals surface area contributed by atoms with Crippen LogP contribution in [-0.4, -0.2) is 18.8 Å². The molecule has 2 rings (SSSR count). The SMILES string of the molecule is CCCC(CN)C1(O)CCc2ccc(OC)cc21. The number of aliphatic hydroxyl groups is 1. The quantitative estimate of drug-likeness (QED) is 0.841. The summed E-state index contributed by atoms with van der Waals surface area (Å²) in [5.41, 5.74) is 7.34. The van der Waals surface area contributed by atoms with Gasteiger partial charge in [0.15, 0.2) is 0 Å². The summed E-state index contributed by atoms with van der Waals surface area (Å²) in [5, 5.41) is 11.0. The Morgan fingerprint density at radius 2 is 2.28 bits per heavy atom. The number of hydrogen-bond acceptors (Lipinski definition) is 3. The summed E-state index contributed by atoms with van der Waals surface area (Å²) >= 11 is 0. The van der Waals surface area contributed by atoms with Gasteiger partial charge in [-0.15, -0.1) is 0 Å². The van der Waals surface area contributed by atoms with Crippen molar-refractivity contribution in [1.29, 1.82) is 0 Å². The third-order valence-electron chi connectivity index (χ3n) is 4.16. The Morgan fingerprint density at radius 1 is 1.50 bits per heavy atom. The van der Waals surface area contributed by atoms with Crippen LogP contribution in [0.25, 0.3) is 0 Å². The summed E-state index contributed by atoms with van der Waals surface area (Å²) in [6.45, 7) is 2.66. The number of benzene rings is 1. The van der Waals surface area contributed by atoms with Crippen molar-refractivity contribution < 1.29 is 9.84 Å². The van der Waals surface area contributed by atoms with Crippen LogP contribution in [0.3, 0.4) is 0 Å². The molecule has 1 aromatic carbocycles. The van der Waals surface area contributed by atoms with E-state index < -0.39 is 5.60 Å². The molecule has 0 heterocycles. The van der Waals surface area contributed by atoms with Crippen molar-refractivity contribution in [3.63, 3.8) is 0 Å². The van der Waals surface area contributed by atoms with E-state index in [0.29, 0.717) is 6.54 Å². The van der Waals surface area contributed by atoms with Gasteiger partial charge in [0, 0.05) is 5.92 Å². The minimum atomic E-state index is -0.769. The lowest BCUT2D eigenvalue weighted by atomic mass is 9.80. The average Bonchev–Trinajstić information content (AvgIpc) is 2.74. The Kier molecular flexibility index (Phi) is 3.93. The molecule has 0 saturated heterocycles. The Bertz CT molecular complexity index is 419. The van der Waals surface area contributed by atoms with E-state index in [9.17, 15) is 5.11 Å². The molecule has 3 N–H and O–H groups in total. The number of ether oxygens (including phenoxy) is 1. The number of rotatable bonds is 5. The van der Waals surface area contributed by atoms with E-state index in [4.69, 9.17) is 10.5 Å². The molecule has 100 valence electrons. The molecule has 1 aliphatic carbocycles. The van der Waals surface area contributed by atoms with Crippen molar-refractivity contribution in [2.75, 3.05) is 13.7 Å². The van der Waals surface area contributed by atoms with Gasteiger partial charge < -0.3 is 15.6 Å². The van der Waals surface area contributed by atoms with Crippen molar-refractivity contribution in [3.05, 3.63) is 29.3 Å². The zero-order chi connectivity index (χ0) is 13.2. The van der Waals surface area contributed by atoms with Gasteiger partial charge in [-0.1, -0.05) is 19.4 Å². The smallest absolute Gasteiger partial charge is 0.119 e. The maximum atomic E-state index is 11.0. The van der Waals surface area contributed by atoms with Gasteiger partial charge in [0.2, 0.25) is 0 Å². The minimum Gasteiger partial charge on any atom is -0.497 e. The number of nitrogens with two attached hydrogens (primary N) is 1. The number of hydrogen-bond donors (Lipinski definition) is 2. The summed E-state index contributed by atoms with van der Waals surface area (Å²) in [7, 11) is 1.65. The summed E-state index contributed by atoms with van der Waals surface area (Å²) in [4.78, 5) is 0. The first-order valence-electron chi connectivity index (χ1n) is 6.75. The van der Waals surface area contributed by atoms with Crippen molar-refractivity contribution in [1.82, 2.24) is 0 Å². The molecule has 0 fully saturated rings. The van der Waals surface area contributed by atoms with Gasteiger partial charge in [0.05, 0.1) is 12.7 Å². The van der Waals surface area contributed by atoms with Gasteiger partial charge in [-0.3, -0.25) is 0 Å². The molecule has 3 heteroatoms. The number of methoxy groups -OCH3 is 1. The average molecular weight is 249 g/mol. The zero-order valence-corrected chi connectivity index (χ0v) is 11.3. The van der Waals surface area contributed by atoms with Gasteiger partial charge in [-0.05, 0) is 49.1 Å². The van der Waals surface area contributed by atoms with E-state index in [1.54, 1.807) is 7.11 Å². The first kappa shape index (κ1) is 13.4.